The Morgan fingerprint density at radius 3 is 2.91 bits per heavy atom. The van der Waals surface area contributed by atoms with Gasteiger partial charge in [0.05, 0.1) is 19.1 Å². The van der Waals surface area contributed by atoms with E-state index in [0.717, 1.165) is 16.7 Å². The molecule has 0 unspecified atom stereocenters. The summed E-state index contributed by atoms with van der Waals surface area (Å²) >= 11 is 0. The van der Waals surface area contributed by atoms with Gasteiger partial charge >= 0.3 is 5.97 Å². The molecule has 6 heteroatoms. The Bertz CT molecular complexity index is 675. The van der Waals surface area contributed by atoms with Crippen LogP contribution in [0.2, 0.25) is 0 Å². The smallest absolute Gasteiger partial charge is 0.306 e. The molecule has 1 aliphatic rings. The first kappa shape index (κ1) is 15.6. The van der Waals surface area contributed by atoms with E-state index in [1.54, 1.807) is 4.90 Å². The number of hydrogen-bond donors (Lipinski definition) is 1. The highest BCUT2D eigenvalue weighted by atomic mass is 16.5. The minimum absolute atomic E-state index is 0.00384. The number of benzene rings is 1. The maximum Gasteiger partial charge on any atom is 0.306 e. The van der Waals surface area contributed by atoms with E-state index in [-0.39, 0.29) is 12.3 Å². The third kappa shape index (κ3) is 3.90. The highest BCUT2D eigenvalue weighted by Crippen LogP contribution is 2.20. The van der Waals surface area contributed by atoms with E-state index in [0.29, 0.717) is 32.5 Å². The molecule has 1 aromatic heterocycles. The lowest BCUT2D eigenvalue weighted by atomic mass is 10.1. The summed E-state index contributed by atoms with van der Waals surface area (Å²) in [4.78, 5) is 24.7. The first-order valence-corrected chi connectivity index (χ1v) is 7.70. The van der Waals surface area contributed by atoms with Gasteiger partial charge in [0.15, 0.2) is 0 Å². The number of carbonyl (C=O) groups is 2. The van der Waals surface area contributed by atoms with Crippen LogP contribution in [0.3, 0.4) is 0 Å². The van der Waals surface area contributed by atoms with Crippen LogP contribution in [0.25, 0.3) is 11.0 Å². The van der Waals surface area contributed by atoms with E-state index in [4.69, 9.17) is 14.3 Å². The fourth-order valence-electron chi connectivity index (χ4n) is 2.81. The van der Waals surface area contributed by atoms with Gasteiger partial charge in [0.2, 0.25) is 5.91 Å². The Labute approximate surface area is 133 Å². The van der Waals surface area contributed by atoms with E-state index in [9.17, 15) is 9.59 Å². The van der Waals surface area contributed by atoms with Gasteiger partial charge in [0.25, 0.3) is 0 Å². The standard InChI is InChI=1S/C17H19NO5/c19-16(18-7-8-22-14(11-18)10-17(20)21)6-5-13-9-12-3-1-2-4-15(12)23-13/h1-4,9,14H,5-8,10-11H2,(H,20,21)/t14-/m0/s1. The molecule has 0 spiro atoms. The molecule has 0 bridgehead atoms. The summed E-state index contributed by atoms with van der Waals surface area (Å²) in [5, 5.41) is 9.85. The normalized spacial score (nSPS) is 18.3. The summed E-state index contributed by atoms with van der Waals surface area (Å²) in [6.07, 6.45) is 0.387. The van der Waals surface area contributed by atoms with Gasteiger partial charge < -0.3 is 19.2 Å². The minimum Gasteiger partial charge on any atom is -0.481 e. The van der Waals surface area contributed by atoms with E-state index >= 15 is 0 Å². The number of fused-ring (bicyclic) bond motifs is 1. The molecule has 0 radical (unpaired) electrons. The average Bonchev–Trinajstić information content (AvgIpc) is 2.95. The van der Waals surface area contributed by atoms with E-state index in [1.165, 1.54) is 0 Å². The van der Waals surface area contributed by atoms with Crippen molar-refractivity contribution in [1.29, 1.82) is 0 Å². The molecule has 1 aromatic carbocycles. The number of aryl methyl sites for hydroxylation is 1. The number of nitrogens with zero attached hydrogens (tertiary/aromatic N) is 1. The number of rotatable bonds is 5. The van der Waals surface area contributed by atoms with Crippen LogP contribution in [-0.2, 0) is 20.7 Å². The first-order valence-electron chi connectivity index (χ1n) is 7.70. The molecule has 6 nitrogen and oxygen atoms in total. The first-order chi connectivity index (χ1) is 11.1. The molecule has 1 amide bonds. The van der Waals surface area contributed by atoms with Crippen LogP contribution in [0.5, 0.6) is 0 Å². The van der Waals surface area contributed by atoms with Crippen LogP contribution in [0.15, 0.2) is 34.7 Å². The molecule has 1 atom stereocenters. The summed E-state index contributed by atoms with van der Waals surface area (Å²) < 4.78 is 11.1. The molecule has 122 valence electrons. The van der Waals surface area contributed by atoms with Crippen molar-refractivity contribution < 1.29 is 23.8 Å². The lowest BCUT2D eigenvalue weighted by molar-refractivity contribution is -0.147. The number of ether oxygens (including phenoxy) is 1. The van der Waals surface area contributed by atoms with Crippen LogP contribution in [0.4, 0.5) is 0 Å². The second kappa shape index (κ2) is 6.83. The van der Waals surface area contributed by atoms with E-state index in [1.807, 2.05) is 30.3 Å². The predicted octanol–water partition coefficient (Wildman–Crippen LogP) is 2.07. The van der Waals surface area contributed by atoms with Gasteiger partial charge in [0.1, 0.15) is 11.3 Å². The molecule has 1 fully saturated rings. The molecular formula is C17H19NO5. The number of amides is 1. The largest absolute Gasteiger partial charge is 0.481 e. The van der Waals surface area contributed by atoms with Gasteiger partial charge in [-0.05, 0) is 12.1 Å². The number of hydrogen-bond acceptors (Lipinski definition) is 4. The molecule has 2 heterocycles. The van der Waals surface area contributed by atoms with Gasteiger partial charge in [-0.15, -0.1) is 0 Å². The zero-order valence-corrected chi connectivity index (χ0v) is 12.7. The number of carboxylic acid groups (broad SMARTS) is 1. The fraction of sp³-hybridized carbons (Fsp3) is 0.412. The molecule has 1 N–H and O–H groups in total. The van der Waals surface area contributed by atoms with Crippen molar-refractivity contribution in [2.75, 3.05) is 19.7 Å². The van der Waals surface area contributed by atoms with Crippen LogP contribution in [0.1, 0.15) is 18.6 Å². The van der Waals surface area contributed by atoms with Gasteiger partial charge in [-0.1, -0.05) is 18.2 Å². The van der Waals surface area contributed by atoms with Crippen molar-refractivity contribution >= 4 is 22.8 Å². The monoisotopic (exact) mass is 317 g/mol. The molecule has 2 aromatic rings. The van der Waals surface area contributed by atoms with Crippen molar-refractivity contribution in [2.24, 2.45) is 0 Å². The predicted molar refractivity (Wildman–Crippen MR) is 83.1 cm³/mol. The second-order valence-electron chi connectivity index (χ2n) is 5.68. The van der Waals surface area contributed by atoms with Crippen LogP contribution >= 0.6 is 0 Å². The highest BCUT2D eigenvalue weighted by Gasteiger charge is 2.25. The summed E-state index contributed by atoms with van der Waals surface area (Å²) in [5.74, 6) is -0.120. The Balaban J connectivity index is 1.55. The average molecular weight is 317 g/mol. The lowest BCUT2D eigenvalue weighted by Gasteiger charge is -2.32. The number of para-hydroxylation sites is 1. The minimum atomic E-state index is -0.911. The molecule has 23 heavy (non-hydrogen) atoms. The summed E-state index contributed by atoms with van der Waals surface area (Å²) in [6.45, 7) is 1.23. The van der Waals surface area contributed by atoms with E-state index < -0.39 is 12.1 Å². The molecule has 3 rings (SSSR count). The van der Waals surface area contributed by atoms with E-state index in [2.05, 4.69) is 0 Å². The molecule has 0 aliphatic carbocycles. The third-order valence-corrected chi connectivity index (χ3v) is 3.96. The third-order valence-electron chi connectivity index (χ3n) is 3.96. The molecule has 1 aliphatic heterocycles. The van der Waals surface area contributed by atoms with Crippen LogP contribution in [0, 0.1) is 0 Å². The van der Waals surface area contributed by atoms with Crippen molar-refractivity contribution in [1.82, 2.24) is 4.90 Å². The van der Waals surface area contributed by atoms with Crippen molar-refractivity contribution in [3.8, 4) is 0 Å². The summed E-state index contributed by atoms with van der Waals surface area (Å²) in [5.41, 5.74) is 0.822. The number of morpholine rings is 1. The van der Waals surface area contributed by atoms with Crippen LogP contribution < -0.4 is 0 Å². The van der Waals surface area contributed by atoms with Crippen molar-refractivity contribution in [3.63, 3.8) is 0 Å². The maximum absolute atomic E-state index is 12.3. The van der Waals surface area contributed by atoms with Gasteiger partial charge in [-0.2, -0.15) is 0 Å². The van der Waals surface area contributed by atoms with Crippen LogP contribution in [-0.4, -0.2) is 47.7 Å². The highest BCUT2D eigenvalue weighted by molar-refractivity contribution is 5.79. The second-order valence-corrected chi connectivity index (χ2v) is 5.68. The molecule has 1 saturated heterocycles. The zero-order valence-electron chi connectivity index (χ0n) is 12.7. The van der Waals surface area contributed by atoms with Gasteiger partial charge in [0, 0.05) is 31.3 Å². The number of furan rings is 1. The lowest BCUT2D eigenvalue weighted by Crippen LogP contribution is -2.46. The number of aliphatic carboxylic acids is 1. The maximum atomic E-state index is 12.3. The van der Waals surface area contributed by atoms with Gasteiger partial charge in [-0.25, -0.2) is 0 Å². The Morgan fingerprint density at radius 2 is 2.13 bits per heavy atom. The van der Waals surface area contributed by atoms with Crippen molar-refractivity contribution in [2.45, 2.75) is 25.4 Å². The molecule has 0 saturated carbocycles. The van der Waals surface area contributed by atoms with Gasteiger partial charge in [-0.3, -0.25) is 9.59 Å². The fourth-order valence-corrected chi connectivity index (χ4v) is 2.81. The quantitative estimate of drug-likeness (QED) is 0.913. The number of carboxylic acids is 1. The Hall–Kier alpha value is -2.34. The topological polar surface area (TPSA) is 80.0 Å². The summed E-state index contributed by atoms with van der Waals surface area (Å²) in [7, 11) is 0. The van der Waals surface area contributed by atoms with Crippen molar-refractivity contribution in [3.05, 3.63) is 36.1 Å². The summed E-state index contributed by atoms with van der Waals surface area (Å²) in [6, 6.07) is 9.69. The zero-order chi connectivity index (χ0) is 16.2. The Morgan fingerprint density at radius 1 is 1.30 bits per heavy atom. The Kier molecular flexibility index (Phi) is 4.62. The number of carbonyl (C=O) groups excluding carboxylic acids is 1. The SMILES string of the molecule is O=C(O)C[C@H]1CN(C(=O)CCc2cc3ccccc3o2)CCO1. The molecular weight excluding hydrogens is 298 g/mol.